The Bertz CT molecular complexity index is 664. The Balaban J connectivity index is 1.68. The van der Waals surface area contributed by atoms with Crippen LogP contribution in [0.2, 0.25) is 0 Å². The van der Waals surface area contributed by atoms with Gasteiger partial charge in [0.25, 0.3) is 0 Å². The van der Waals surface area contributed by atoms with Gasteiger partial charge >= 0.3 is 6.03 Å². The van der Waals surface area contributed by atoms with Crippen molar-refractivity contribution in [2.45, 2.75) is 32.4 Å². The molecule has 0 bridgehead atoms. The molecule has 3 heterocycles. The highest BCUT2D eigenvalue weighted by atomic mass is 32.1. The number of aryl methyl sites for hydroxylation is 2. The SMILES string of the molecule is Cc1csc(CN(CC2CCCO2)C(=O)Nc2cn(C)nn2)n1. The Kier molecular flexibility index (Phi) is 4.87. The molecule has 3 rings (SSSR count). The highest BCUT2D eigenvalue weighted by Gasteiger charge is 2.24. The van der Waals surface area contributed by atoms with Crippen molar-refractivity contribution in [3.63, 3.8) is 0 Å². The topological polar surface area (TPSA) is 85.2 Å². The van der Waals surface area contributed by atoms with Crippen molar-refractivity contribution < 1.29 is 9.53 Å². The molecule has 2 aromatic heterocycles. The third kappa shape index (κ3) is 4.26. The maximum absolute atomic E-state index is 12.6. The van der Waals surface area contributed by atoms with E-state index >= 15 is 0 Å². The summed E-state index contributed by atoms with van der Waals surface area (Å²) < 4.78 is 7.21. The number of hydrogen-bond donors (Lipinski definition) is 1. The average molecular weight is 336 g/mol. The molecule has 1 unspecified atom stereocenters. The van der Waals surface area contributed by atoms with Crippen LogP contribution in [0.1, 0.15) is 23.5 Å². The second-order valence-electron chi connectivity index (χ2n) is 5.61. The molecule has 2 amide bonds. The quantitative estimate of drug-likeness (QED) is 0.900. The van der Waals surface area contributed by atoms with Crippen molar-refractivity contribution in [3.05, 3.63) is 22.3 Å². The van der Waals surface area contributed by atoms with Crippen LogP contribution < -0.4 is 5.32 Å². The summed E-state index contributed by atoms with van der Waals surface area (Å²) in [6.45, 7) is 3.72. The Hall–Kier alpha value is -2.00. The van der Waals surface area contributed by atoms with E-state index < -0.39 is 0 Å². The molecule has 23 heavy (non-hydrogen) atoms. The number of hydrogen-bond acceptors (Lipinski definition) is 6. The Morgan fingerprint density at radius 3 is 3.09 bits per heavy atom. The van der Waals surface area contributed by atoms with Crippen LogP contribution in [0.3, 0.4) is 0 Å². The lowest BCUT2D eigenvalue weighted by molar-refractivity contribution is 0.0819. The zero-order chi connectivity index (χ0) is 16.2. The first kappa shape index (κ1) is 15.9. The lowest BCUT2D eigenvalue weighted by Gasteiger charge is -2.24. The molecule has 0 radical (unpaired) electrons. The van der Waals surface area contributed by atoms with Gasteiger partial charge in [-0.15, -0.1) is 16.4 Å². The monoisotopic (exact) mass is 336 g/mol. The minimum Gasteiger partial charge on any atom is -0.376 e. The van der Waals surface area contributed by atoms with E-state index in [4.69, 9.17) is 4.74 Å². The van der Waals surface area contributed by atoms with Gasteiger partial charge in [0, 0.05) is 31.3 Å². The smallest absolute Gasteiger partial charge is 0.323 e. The zero-order valence-corrected chi connectivity index (χ0v) is 14.0. The van der Waals surface area contributed by atoms with Crippen molar-refractivity contribution in [2.24, 2.45) is 7.05 Å². The summed E-state index contributed by atoms with van der Waals surface area (Å²) in [6.07, 6.45) is 3.77. The molecular formula is C14H20N6O2S. The zero-order valence-electron chi connectivity index (χ0n) is 13.2. The van der Waals surface area contributed by atoms with E-state index in [2.05, 4.69) is 20.6 Å². The van der Waals surface area contributed by atoms with Gasteiger partial charge in [-0.25, -0.2) is 9.78 Å². The number of rotatable bonds is 5. The second-order valence-corrected chi connectivity index (χ2v) is 6.55. The molecular weight excluding hydrogens is 316 g/mol. The first-order valence-electron chi connectivity index (χ1n) is 7.55. The molecule has 124 valence electrons. The summed E-state index contributed by atoms with van der Waals surface area (Å²) in [4.78, 5) is 18.7. The van der Waals surface area contributed by atoms with E-state index in [1.54, 1.807) is 34.2 Å². The van der Waals surface area contributed by atoms with Crippen LogP contribution in [-0.4, -0.2) is 50.2 Å². The van der Waals surface area contributed by atoms with Gasteiger partial charge in [0.2, 0.25) is 0 Å². The first-order chi connectivity index (χ1) is 11.1. The standard InChI is InChI=1S/C14H20N6O2S/c1-10-9-23-13(15-10)8-20(6-11-4-3-5-22-11)14(21)16-12-7-19(2)18-17-12/h7,9,11H,3-6,8H2,1-2H3,(H,16,21). The third-order valence-corrected chi connectivity index (χ3v) is 4.52. The van der Waals surface area contributed by atoms with Gasteiger partial charge < -0.3 is 9.64 Å². The molecule has 1 aliphatic rings. The first-order valence-corrected chi connectivity index (χ1v) is 8.43. The molecule has 1 N–H and O–H groups in total. The normalized spacial score (nSPS) is 17.4. The van der Waals surface area contributed by atoms with Gasteiger partial charge in [-0.3, -0.25) is 10.00 Å². The number of carbonyl (C=O) groups is 1. The fourth-order valence-electron chi connectivity index (χ4n) is 2.49. The number of thiazole rings is 1. The lowest BCUT2D eigenvalue weighted by Crippen LogP contribution is -2.39. The second kappa shape index (κ2) is 7.05. The Morgan fingerprint density at radius 2 is 2.48 bits per heavy atom. The average Bonchev–Trinajstić information content (AvgIpc) is 3.23. The summed E-state index contributed by atoms with van der Waals surface area (Å²) in [5.41, 5.74) is 0.969. The van der Waals surface area contributed by atoms with Crippen LogP contribution in [0.4, 0.5) is 10.6 Å². The van der Waals surface area contributed by atoms with Crippen LogP contribution >= 0.6 is 11.3 Å². The van der Waals surface area contributed by atoms with Gasteiger partial charge in [-0.05, 0) is 19.8 Å². The summed E-state index contributed by atoms with van der Waals surface area (Å²) in [6, 6.07) is -0.214. The molecule has 0 spiro atoms. The molecule has 9 heteroatoms. The number of anilines is 1. The number of amides is 2. The summed E-state index contributed by atoms with van der Waals surface area (Å²) in [5.74, 6) is 0.435. The summed E-state index contributed by atoms with van der Waals surface area (Å²) >= 11 is 1.56. The fourth-order valence-corrected chi connectivity index (χ4v) is 3.27. The van der Waals surface area contributed by atoms with E-state index in [1.807, 2.05) is 12.3 Å². The van der Waals surface area contributed by atoms with Gasteiger partial charge in [-0.1, -0.05) is 5.21 Å². The number of urea groups is 1. The van der Waals surface area contributed by atoms with Crippen LogP contribution in [0.15, 0.2) is 11.6 Å². The van der Waals surface area contributed by atoms with Gasteiger partial charge in [0.15, 0.2) is 5.82 Å². The maximum atomic E-state index is 12.6. The van der Waals surface area contributed by atoms with Crippen LogP contribution in [0.25, 0.3) is 0 Å². The van der Waals surface area contributed by atoms with Crippen molar-refractivity contribution in [2.75, 3.05) is 18.5 Å². The molecule has 0 saturated carbocycles. The molecule has 1 atom stereocenters. The number of aromatic nitrogens is 4. The minimum atomic E-state index is -0.214. The largest absolute Gasteiger partial charge is 0.376 e. The van der Waals surface area contributed by atoms with E-state index in [-0.39, 0.29) is 12.1 Å². The molecule has 0 aromatic carbocycles. The van der Waals surface area contributed by atoms with Gasteiger partial charge in [-0.2, -0.15) is 0 Å². The maximum Gasteiger partial charge on any atom is 0.323 e. The van der Waals surface area contributed by atoms with E-state index in [0.29, 0.717) is 18.9 Å². The number of ether oxygens (including phenoxy) is 1. The van der Waals surface area contributed by atoms with Crippen LogP contribution in [0, 0.1) is 6.92 Å². The highest BCUT2D eigenvalue weighted by molar-refractivity contribution is 7.09. The Morgan fingerprint density at radius 1 is 1.61 bits per heavy atom. The minimum absolute atomic E-state index is 0.0867. The van der Waals surface area contributed by atoms with E-state index in [9.17, 15) is 4.79 Å². The molecule has 1 fully saturated rings. The Labute approximate surface area is 138 Å². The van der Waals surface area contributed by atoms with Crippen molar-refractivity contribution in [3.8, 4) is 0 Å². The molecule has 1 aliphatic heterocycles. The third-order valence-electron chi connectivity index (χ3n) is 3.57. The van der Waals surface area contributed by atoms with Crippen LogP contribution in [-0.2, 0) is 18.3 Å². The number of nitrogens with zero attached hydrogens (tertiary/aromatic N) is 5. The lowest BCUT2D eigenvalue weighted by atomic mass is 10.2. The van der Waals surface area contributed by atoms with E-state index in [0.717, 1.165) is 30.2 Å². The van der Waals surface area contributed by atoms with E-state index in [1.165, 1.54) is 0 Å². The van der Waals surface area contributed by atoms with Crippen molar-refractivity contribution in [1.82, 2.24) is 24.9 Å². The summed E-state index contributed by atoms with van der Waals surface area (Å²) in [7, 11) is 1.76. The highest BCUT2D eigenvalue weighted by Crippen LogP contribution is 2.17. The predicted molar refractivity (Wildman–Crippen MR) is 86.3 cm³/mol. The number of nitrogens with one attached hydrogen (secondary N) is 1. The van der Waals surface area contributed by atoms with Crippen LogP contribution in [0.5, 0.6) is 0 Å². The predicted octanol–water partition coefficient (Wildman–Crippen LogP) is 1.79. The van der Waals surface area contributed by atoms with Crippen molar-refractivity contribution >= 4 is 23.2 Å². The van der Waals surface area contributed by atoms with Crippen molar-refractivity contribution in [1.29, 1.82) is 0 Å². The van der Waals surface area contributed by atoms with Gasteiger partial charge in [0.1, 0.15) is 5.01 Å². The summed E-state index contributed by atoms with van der Waals surface area (Å²) in [5, 5.41) is 13.4. The molecule has 8 nitrogen and oxygen atoms in total. The fraction of sp³-hybridized carbons (Fsp3) is 0.571. The molecule has 2 aromatic rings. The van der Waals surface area contributed by atoms with Gasteiger partial charge in [0.05, 0.1) is 18.8 Å². The molecule has 1 saturated heterocycles. The number of carbonyl (C=O) groups excluding carboxylic acids is 1. The molecule has 0 aliphatic carbocycles.